The number of nitrogens with one attached hydrogen (secondary N) is 1. The Bertz CT molecular complexity index is 1100. The molecule has 0 aromatic carbocycles. The molecule has 1 aliphatic rings. The summed E-state index contributed by atoms with van der Waals surface area (Å²) in [7, 11) is 2.78. The number of nitrogens with zero attached hydrogens (tertiary/aromatic N) is 2. The highest BCUT2D eigenvalue weighted by Crippen LogP contribution is 2.23. The molecule has 0 bridgehead atoms. The summed E-state index contributed by atoms with van der Waals surface area (Å²) < 4.78 is 16.6. The summed E-state index contributed by atoms with van der Waals surface area (Å²) in [6.07, 6.45) is 1.61. The quantitative estimate of drug-likeness (QED) is 0.0672. The lowest BCUT2D eigenvalue weighted by Crippen LogP contribution is -2.50. The summed E-state index contributed by atoms with van der Waals surface area (Å²) in [6, 6.07) is -0.943. The van der Waals surface area contributed by atoms with Gasteiger partial charge in [-0.2, -0.15) is 0 Å². The number of unbranched alkanes of at least 4 members (excludes halogenated alkanes) is 1. The molecule has 1 aliphatic heterocycles. The lowest BCUT2D eigenvalue weighted by molar-refractivity contribution is -0.197. The molecule has 1 unspecified atom stereocenters. The van der Waals surface area contributed by atoms with Crippen molar-refractivity contribution in [3.05, 3.63) is 0 Å². The van der Waals surface area contributed by atoms with Gasteiger partial charge in [0.1, 0.15) is 22.8 Å². The predicted octanol–water partition coefficient (Wildman–Crippen LogP) is 3.74. The maximum absolute atomic E-state index is 13.3. The number of carbonyl (C=O) groups is 7. The molecule has 48 heavy (non-hydrogen) atoms. The molecular weight excluding hydrogens is 666 g/mol. The first-order valence-corrected chi connectivity index (χ1v) is 18.5. The zero-order valence-electron chi connectivity index (χ0n) is 29.8. The average Bonchev–Trinajstić information content (AvgIpc) is 3.21. The van der Waals surface area contributed by atoms with E-state index in [-0.39, 0.29) is 51.1 Å². The molecule has 1 atom stereocenters. The summed E-state index contributed by atoms with van der Waals surface area (Å²) in [6.45, 7) is 15.3. The van der Waals surface area contributed by atoms with Crippen molar-refractivity contribution in [2.24, 2.45) is 0 Å². The normalized spacial score (nSPS) is 14.5. The van der Waals surface area contributed by atoms with Gasteiger partial charge in [-0.3, -0.25) is 33.7 Å². The van der Waals surface area contributed by atoms with Crippen LogP contribution < -0.4 is 5.32 Å². The Morgan fingerprint density at radius 2 is 1.21 bits per heavy atom. The summed E-state index contributed by atoms with van der Waals surface area (Å²) in [5.74, 6) is -2.77. The minimum absolute atomic E-state index is 0.0121. The van der Waals surface area contributed by atoms with E-state index in [2.05, 4.69) is 5.32 Å². The van der Waals surface area contributed by atoms with E-state index in [4.69, 9.17) is 19.0 Å². The monoisotopic (exact) mass is 719 g/mol. The number of amides is 3. The van der Waals surface area contributed by atoms with E-state index in [1.807, 2.05) is 0 Å². The van der Waals surface area contributed by atoms with E-state index in [9.17, 15) is 33.6 Å². The number of hydroxylamine groups is 2. The third kappa shape index (κ3) is 19.8. The van der Waals surface area contributed by atoms with Crippen LogP contribution in [0, 0.1) is 0 Å². The Morgan fingerprint density at radius 1 is 0.729 bits per heavy atom. The Morgan fingerprint density at radius 3 is 1.69 bits per heavy atom. The number of ether oxygens (including phenoxy) is 3. The van der Waals surface area contributed by atoms with Crippen LogP contribution in [0.4, 0.5) is 0 Å². The smallest absolute Gasteiger partial charge is 0.334 e. The van der Waals surface area contributed by atoms with Crippen molar-refractivity contribution in [1.82, 2.24) is 15.3 Å². The second-order valence-corrected chi connectivity index (χ2v) is 16.9. The largest absolute Gasteiger partial charge is 0.459 e. The van der Waals surface area contributed by atoms with Crippen LogP contribution in [-0.4, -0.2) is 106 Å². The van der Waals surface area contributed by atoms with Crippen molar-refractivity contribution < 1.29 is 52.6 Å². The molecule has 1 fully saturated rings. The van der Waals surface area contributed by atoms with Crippen molar-refractivity contribution in [1.29, 1.82) is 0 Å². The number of carbonyl (C=O) groups excluding carboxylic acids is 7. The SMILES string of the molecule is CC(C)(C)OC(=O)CN(CC(=O)OC(C)(C)C)C(CCCCNC(=O)CCSSCCC(=O)ON1C(=O)CCC1=O)C(=O)OC(C)(C)C. The minimum Gasteiger partial charge on any atom is -0.459 e. The van der Waals surface area contributed by atoms with E-state index in [0.29, 0.717) is 36.0 Å². The highest BCUT2D eigenvalue weighted by atomic mass is 33.1. The van der Waals surface area contributed by atoms with Crippen LogP contribution in [0.15, 0.2) is 0 Å². The van der Waals surface area contributed by atoms with Gasteiger partial charge >= 0.3 is 23.9 Å². The van der Waals surface area contributed by atoms with Gasteiger partial charge in [0, 0.05) is 37.3 Å². The molecule has 0 radical (unpaired) electrons. The number of rotatable bonds is 19. The standard InChI is InChI=1S/C32H53N3O11S2/c1-30(2,3)43-27(40)20-34(21-28(41)44-31(4,5)6)22(29(42)45-32(7,8)9)12-10-11-17-33-23(36)15-18-47-48-19-16-26(39)46-35-24(37)13-14-25(35)38/h22H,10-21H2,1-9H3,(H,33,36). The van der Waals surface area contributed by atoms with Crippen molar-refractivity contribution in [3.63, 3.8) is 0 Å². The summed E-state index contributed by atoms with van der Waals surface area (Å²) in [5, 5.41) is 3.36. The first-order valence-electron chi connectivity index (χ1n) is 16.0. The van der Waals surface area contributed by atoms with E-state index < -0.39 is 58.5 Å². The maximum Gasteiger partial charge on any atom is 0.334 e. The average molecular weight is 720 g/mol. The minimum atomic E-state index is -0.943. The zero-order chi connectivity index (χ0) is 36.7. The van der Waals surface area contributed by atoms with E-state index >= 15 is 0 Å². The molecule has 1 heterocycles. The van der Waals surface area contributed by atoms with E-state index in [1.54, 1.807) is 62.3 Å². The van der Waals surface area contributed by atoms with Gasteiger partial charge in [0.05, 0.1) is 19.5 Å². The first kappa shape index (κ1) is 43.2. The Kier molecular flexibility index (Phi) is 18.0. The summed E-state index contributed by atoms with van der Waals surface area (Å²) in [4.78, 5) is 92.4. The van der Waals surface area contributed by atoms with Gasteiger partial charge in [0.2, 0.25) is 5.91 Å². The third-order valence-corrected chi connectivity index (χ3v) is 8.34. The molecule has 0 spiro atoms. The molecule has 274 valence electrons. The Labute approximate surface area is 291 Å². The van der Waals surface area contributed by atoms with Crippen molar-refractivity contribution >= 4 is 63.2 Å². The van der Waals surface area contributed by atoms with Crippen molar-refractivity contribution in [2.45, 2.75) is 130 Å². The molecule has 0 aromatic heterocycles. The fourth-order valence-corrected chi connectivity index (χ4v) is 6.10. The highest BCUT2D eigenvalue weighted by molar-refractivity contribution is 8.76. The lowest BCUT2D eigenvalue weighted by atomic mass is 10.1. The topological polar surface area (TPSA) is 175 Å². The molecule has 0 aromatic rings. The van der Waals surface area contributed by atoms with Crippen LogP contribution in [0.5, 0.6) is 0 Å². The van der Waals surface area contributed by atoms with Gasteiger partial charge in [0.25, 0.3) is 11.8 Å². The molecule has 1 N–H and O–H groups in total. The maximum atomic E-state index is 13.3. The molecule has 1 saturated heterocycles. The van der Waals surface area contributed by atoms with Crippen molar-refractivity contribution in [3.8, 4) is 0 Å². The van der Waals surface area contributed by atoms with Gasteiger partial charge in [-0.1, -0.05) is 21.6 Å². The fraction of sp³-hybridized carbons (Fsp3) is 0.781. The van der Waals surface area contributed by atoms with E-state index in [0.717, 1.165) is 0 Å². The molecule has 3 amide bonds. The summed E-state index contributed by atoms with van der Waals surface area (Å²) in [5.41, 5.74) is -2.34. The number of hydrogen-bond donors (Lipinski definition) is 1. The van der Waals surface area contributed by atoms with Crippen LogP contribution in [0.25, 0.3) is 0 Å². The molecular formula is C32H53N3O11S2. The van der Waals surface area contributed by atoms with Gasteiger partial charge in [-0.15, -0.1) is 5.06 Å². The van der Waals surface area contributed by atoms with Crippen LogP contribution in [0.2, 0.25) is 0 Å². The second kappa shape index (κ2) is 20.0. The van der Waals surface area contributed by atoms with Crippen LogP contribution in [0.3, 0.4) is 0 Å². The van der Waals surface area contributed by atoms with Gasteiger partial charge < -0.3 is 24.4 Å². The highest BCUT2D eigenvalue weighted by Gasteiger charge is 2.35. The fourth-order valence-electron chi connectivity index (χ4n) is 4.14. The predicted molar refractivity (Wildman–Crippen MR) is 181 cm³/mol. The molecule has 16 heteroatoms. The van der Waals surface area contributed by atoms with E-state index in [1.165, 1.54) is 26.5 Å². The number of imide groups is 1. The first-order chi connectivity index (χ1) is 22.1. The van der Waals surface area contributed by atoms with Gasteiger partial charge in [-0.25, -0.2) is 4.79 Å². The second-order valence-electron chi connectivity index (χ2n) is 14.2. The molecule has 14 nitrogen and oxygen atoms in total. The number of esters is 3. The van der Waals surface area contributed by atoms with Gasteiger partial charge in [-0.05, 0) is 81.6 Å². The molecule has 0 saturated carbocycles. The van der Waals surface area contributed by atoms with Crippen LogP contribution in [-0.2, 0) is 52.6 Å². The lowest BCUT2D eigenvalue weighted by Gasteiger charge is -2.33. The third-order valence-electron chi connectivity index (χ3n) is 5.93. The van der Waals surface area contributed by atoms with Gasteiger partial charge in [0.15, 0.2) is 0 Å². The van der Waals surface area contributed by atoms with Crippen LogP contribution in [0.1, 0.15) is 107 Å². The summed E-state index contributed by atoms with van der Waals surface area (Å²) >= 11 is 0. The molecule has 1 rings (SSSR count). The van der Waals surface area contributed by atoms with Crippen LogP contribution >= 0.6 is 21.6 Å². The Balaban J connectivity index is 2.60. The molecule has 0 aliphatic carbocycles. The Hall–Kier alpha value is -2.85. The number of hydrogen-bond acceptors (Lipinski definition) is 14. The zero-order valence-corrected chi connectivity index (χ0v) is 31.4. The van der Waals surface area contributed by atoms with Crippen molar-refractivity contribution in [2.75, 3.05) is 31.1 Å².